The molecule has 2 atom stereocenters. The predicted octanol–water partition coefficient (Wildman–Crippen LogP) is 5.88. The first kappa shape index (κ1) is 31.9. The average Bonchev–Trinajstić information content (AvgIpc) is 2.85. The molecule has 0 unspecified atom stereocenters. The highest BCUT2D eigenvalue weighted by Crippen LogP contribution is 2.27. The number of hydrogen-bond donors (Lipinski definition) is 1. The zero-order valence-corrected chi connectivity index (χ0v) is 25.4. The summed E-state index contributed by atoms with van der Waals surface area (Å²) in [6, 6.07) is 9.94. The number of halogens is 2. The van der Waals surface area contributed by atoms with Crippen LogP contribution in [0.3, 0.4) is 0 Å². The molecule has 0 spiro atoms. The summed E-state index contributed by atoms with van der Waals surface area (Å²) in [6.45, 7) is 9.90. The molecule has 0 heterocycles. The molecule has 7 nitrogen and oxygen atoms in total. The molecule has 0 saturated heterocycles. The molecule has 2 aromatic carbocycles. The van der Waals surface area contributed by atoms with E-state index in [-0.39, 0.29) is 37.4 Å². The summed E-state index contributed by atoms with van der Waals surface area (Å²) < 4.78 is 26.6. The Balaban J connectivity index is 2.29. The van der Waals surface area contributed by atoms with Crippen molar-refractivity contribution in [3.63, 3.8) is 0 Å². The standard InChI is InChI=1S/C28H39Cl2N3O4S/c1-7-20(4)31-28(35)25(8-2)32(18-22-14-15-23(29)24(30)17-22)27(34)13-10-16-33(38(6,36)37)26-12-9-11-19(3)21(26)5/h9,11-12,14-15,17,20,25H,7-8,10,13,16,18H2,1-6H3,(H,31,35)/t20-,25-/m0/s1. The van der Waals surface area contributed by atoms with E-state index in [4.69, 9.17) is 23.2 Å². The number of sulfonamides is 1. The minimum absolute atomic E-state index is 0.0284. The van der Waals surface area contributed by atoms with E-state index in [9.17, 15) is 18.0 Å². The fraction of sp³-hybridized carbons (Fsp3) is 0.500. The second-order valence-corrected chi connectivity index (χ2v) is 12.4. The van der Waals surface area contributed by atoms with Gasteiger partial charge in [-0.15, -0.1) is 0 Å². The summed E-state index contributed by atoms with van der Waals surface area (Å²) in [5, 5.41) is 3.75. The van der Waals surface area contributed by atoms with Crippen molar-refractivity contribution in [3.05, 3.63) is 63.1 Å². The monoisotopic (exact) mass is 583 g/mol. The van der Waals surface area contributed by atoms with Gasteiger partial charge in [0.05, 0.1) is 22.0 Å². The van der Waals surface area contributed by atoms with Crippen LogP contribution in [-0.2, 0) is 26.2 Å². The van der Waals surface area contributed by atoms with Gasteiger partial charge in [0.25, 0.3) is 0 Å². The van der Waals surface area contributed by atoms with Gasteiger partial charge in [0.2, 0.25) is 21.8 Å². The molecule has 0 fully saturated rings. The molecule has 1 N–H and O–H groups in total. The Labute approximate surface area is 237 Å². The highest BCUT2D eigenvalue weighted by Gasteiger charge is 2.29. The lowest BCUT2D eigenvalue weighted by atomic mass is 10.1. The van der Waals surface area contributed by atoms with Crippen LogP contribution in [0.4, 0.5) is 5.69 Å². The second kappa shape index (κ2) is 14.2. The number of amides is 2. The highest BCUT2D eigenvalue weighted by atomic mass is 35.5. The van der Waals surface area contributed by atoms with Gasteiger partial charge >= 0.3 is 0 Å². The van der Waals surface area contributed by atoms with E-state index in [1.54, 1.807) is 29.2 Å². The van der Waals surface area contributed by atoms with Crippen molar-refractivity contribution in [2.24, 2.45) is 0 Å². The first-order valence-corrected chi connectivity index (χ1v) is 15.5. The number of benzene rings is 2. The first-order chi connectivity index (χ1) is 17.8. The van der Waals surface area contributed by atoms with Crippen LogP contribution in [0.2, 0.25) is 10.0 Å². The Hall–Kier alpha value is -2.29. The van der Waals surface area contributed by atoms with E-state index in [1.807, 2.05) is 46.8 Å². The zero-order chi connectivity index (χ0) is 28.6. The summed E-state index contributed by atoms with van der Waals surface area (Å²) in [4.78, 5) is 28.3. The minimum atomic E-state index is -3.57. The van der Waals surface area contributed by atoms with Crippen molar-refractivity contribution in [2.45, 2.75) is 78.9 Å². The Kier molecular flexibility index (Phi) is 11.9. The maximum absolute atomic E-state index is 13.6. The predicted molar refractivity (Wildman–Crippen MR) is 156 cm³/mol. The topological polar surface area (TPSA) is 86.8 Å². The van der Waals surface area contributed by atoms with Crippen molar-refractivity contribution in [1.82, 2.24) is 10.2 Å². The molecule has 0 bridgehead atoms. The van der Waals surface area contributed by atoms with Gasteiger partial charge in [0, 0.05) is 25.6 Å². The van der Waals surface area contributed by atoms with Crippen LogP contribution in [0, 0.1) is 13.8 Å². The number of anilines is 1. The van der Waals surface area contributed by atoms with Crippen molar-refractivity contribution in [1.29, 1.82) is 0 Å². The second-order valence-electron chi connectivity index (χ2n) is 9.67. The van der Waals surface area contributed by atoms with E-state index < -0.39 is 16.1 Å². The molecule has 2 amide bonds. The fourth-order valence-electron chi connectivity index (χ4n) is 4.18. The largest absolute Gasteiger partial charge is 0.352 e. The average molecular weight is 585 g/mol. The quantitative estimate of drug-likeness (QED) is 0.319. The molecular formula is C28H39Cl2N3O4S. The van der Waals surface area contributed by atoms with E-state index in [0.29, 0.717) is 28.6 Å². The molecule has 2 aromatic rings. The van der Waals surface area contributed by atoms with E-state index in [2.05, 4.69) is 5.32 Å². The van der Waals surface area contributed by atoms with Crippen LogP contribution in [0.5, 0.6) is 0 Å². The lowest BCUT2D eigenvalue weighted by Crippen LogP contribution is -2.50. The highest BCUT2D eigenvalue weighted by molar-refractivity contribution is 7.92. The fourth-order valence-corrected chi connectivity index (χ4v) is 5.52. The van der Waals surface area contributed by atoms with E-state index in [0.717, 1.165) is 23.1 Å². The third-order valence-corrected chi connectivity index (χ3v) is 8.64. The Bertz CT molecular complexity index is 1240. The number of nitrogens with one attached hydrogen (secondary N) is 1. The van der Waals surface area contributed by atoms with Crippen LogP contribution in [0.15, 0.2) is 36.4 Å². The summed E-state index contributed by atoms with van der Waals surface area (Å²) >= 11 is 12.3. The number of nitrogens with zero attached hydrogens (tertiary/aromatic N) is 2. The molecule has 10 heteroatoms. The summed E-state index contributed by atoms with van der Waals surface area (Å²) in [6.07, 6.45) is 2.72. The van der Waals surface area contributed by atoms with Crippen molar-refractivity contribution in [3.8, 4) is 0 Å². The number of carbonyl (C=O) groups is 2. The molecule has 2 rings (SSSR count). The molecule has 0 saturated carbocycles. The Morgan fingerprint density at radius 2 is 1.71 bits per heavy atom. The van der Waals surface area contributed by atoms with E-state index in [1.165, 1.54) is 10.6 Å². The smallest absolute Gasteiger partial charge is 0.243 e. The Morgan fingerprint density at radius 3 is 2.29 bits per heavy atom. The third kappa shape index (κ3) is 8.61. The van der Waals surface area contributed by atoms with Crippen LogP contribution in [0.1, 0.15) is 63.1 Å². The minimum Gasteiger partial charge on any atom is -0.352 e. The van der Waals surface area contributed by atoms with Gasteiger partial charge in [-0.25, -0.2) is 8.42 Å². The molecular weight excluding hydrogens is 545 g/mol. The number of rotatable bonds is 13. The maximum atomic E-state index is 13.6. The summed E-state index contributed by atoms with van der Waals surface area (Å²) in [5.41, 5.74) is 3.21. The van der Waals surface area contributed by atoms with Gasteiger partial charge in [-0.05, 0) is 74.9 Å². The van der Waals surface area contributed by atoms with E-state index >= 15 is 0 Å². The van der Waals surface area contributed by atoms with Crippen LogP contribution >= 0.6 is 23.2 Å². The van der Waals surface area contributed by atoms with Gasteiger partial charge in [0.1, 0.15) is 6.04 Å². The van der Waals surface area contributed by atoms with Gasteiger partial charge in [-0.3, -0.25) is 13.9 Å². The van der Waals surface area contributed by atoms with Gasteiger partial charge in [-0.1, -0.05) is 55.2 Å². The number of aryl methyl sites for hydroxylation is 1. The number of carbonyl (C=O) groups excluding carboxylic acids is 2. The van der Waals surface area contributed by atoms with Crippen LogP contribution in [-0.4, -0.2) is 50.0 Å². The molecule has 0 aliphatic carbocycles. The number of hydrogen-bond acceptors (Lipinski definition) is 4. The van der Waals surface area contributed by atoms with Gasteiger partial charge in [0.15, 0.2) is 0 Å². The summed E-state index contributed by atoms with van der Waals surface area (Å²) in [7, 11) is -3.57. The lowest BCUT2D eigenvalue weighted by molar-refractivity contribution is -0.141. The summed E-state index contributed by atoms with van der Waals surface area (Å²) in [5.74, 6) is -0.458. The SMILES string of the molecule is CC[C@H](C)NC(=O)[C@H](CC)N(Cc1ccc(Cl)c(Cl)c1)C(=O)CCCN(c1cccc(C)c1C)S(C)(=O)=O. The van der Waals surface area contributed by atoms with Crippen molar-refractivity contribution in [2.75, 3.05) is 17.1 Å². The van der Waals surface area contributed by atoms with Gasteiger partial charge in [-0.2, -0.15) is 0 Å². The molecule has 38 heavy (non-hydrogen) atoms. The van der Waals surface area contributed by atoms with Crippen LogP contribution in [0.25, 0.3) is 0 Å². The third-order valence-electron chi connectivity index (χ3n) is 6.72. The molecule has 0 aliphatic heterocycles. The maximum Gasteiger partial charge on any atom is 0.243 e. The lowest BCUT2D eigenvalue weighted by Gasteiger charge is -2.32. The van der Waals surface area contributed by atoms with Gasteiger partial charge < -0.3 is 10.2 Å². The molecule has 0 aliphatic rings. The normalized spacial score (nSPS) is 13.1. The van der Waals surface area contributed by atoms with Crippen molar-refractivity contribution < 1.29 is 18.0 Å². The first-order valence-electron chi connectivity index (χ1n) is 12.9. The van der Waals surface area contributed by atoms with Crippen molar-refractivity contribution >= 4 is 50.7 Å². The Morgan fingerprint density at radius 1 is 1.03 bits per heavy atom. The zero-order valence-electron chi connectivity index (χ0n) is 23.1. The molecule has 210 valence electrons. The van der Waals surface area contributed by atoms with Crippen LogP contribution < -0.4 is 9.62 Å². The molecule has 0 radical (unpaired) electrons. The molecule has 0 aromatic heterocycles.